The molecule has 0 bridgehead atoms. The molecule has 70 heavy (non-hydrogen) atoms. The van der Waals surface area contributed by atoms with Crippen LogP contribution in [0.5, 0.6) is 5.75 Å². The number of nitrogens with zero attached hydrogens (tertiary/aromatic N) is 1. The molecular formula is C55H64F2N2O11. The highest BCUT2D eigenvalue weighted by Crippen LogP contribution is 2.49. The summed E-state index contributed by atoms with van der Waals surface area (Å²) in [6.07, 6.45) is 4.46. The molecule has 10 atom stereocenters. The van der Waals surface area contributed by atoms with Crippen molar-refractivity contribution in [2.45, 2.75) is 130 Å². The van der Waals surface area contributed by atoms with Gasteiger partial charge in [-0.25, -0.2) is 8.78 Å². The van der Waals surface area contributed by atoms with Gasteiger partial charge >= 0.3 is 23.9 Å². The van der Waals surface area contributed by atoms with Crippen molar-refractivity contribution in [3.05, 3.63) is 119 Å². The molecule has 374 valence electrons. The van der Waals surface area contributed by atoms with Gasteiger partial charge in [-0.1, -0.05) is 57.2 Å². The SMILES string of the molecule is CCC(C)(C)C(=O)O[C@H]1C[C@@H](C)C(C(=O)NCCC(=O)Oc2ccc([C@@H]3[C@@H](CC[C@H](OC(C)=O)c4ccc(F)cc4)C(=O)N3c3ccc(F)cc3)cc2)=C2C=C[C@H](C)[C@H](CC[C@@H]3C[C@H](O)CC(=O)O3)[C@H]21. The maximum absolute atomic E-state index is 14.1. The van der Waals surface area contributed by atoms with Crippen molar-refractivity contribution in [1.29, 1.82) is 0 Å². The van der Waals surface area contributed by atoms with E-state index < -0.39 is 71.3 Å². The first kappa shape index (κ1) is 51.6. The highest BCUT2D eigenvalue weighted by molar-refractivity contribution is 6.03. The molecule has 2 heterocycles. The number of hydrogen-bond donors (Lipinski definition) is 2. The number of allylic oxidation sites excluding steroid dienone is 2. The second-order valence-electron chi connectivity index (χ2n) is 19.9. The maximum Gasteiger partial charge on any atom is 0.312 e. The summed E-state index contributed by atoms with van der Waals surface area (Å²) in [5.41, 5.74) is 2.43. The van der Waals surface area contributed by atoms with Crippen molar-refractivity contribution >= 4 is 41.4 Å². The van der Waals surface area contributed by atoms with Crippen LogP contribution in [0.15, 0.2) is 96.1 Å². The summed E-state index contributed by atoms with van der Waals surface area (Å²) >= 11 is 0. The molecule has 2 amide bonds. The molecule has 2 aliphatic heterocycles. The lowest BCUT2D eigenvalue weighted by molar-refractivity contribution is -0.166. The Morgan fingerprint density at radius 2 is 1.59 bits per heavy atom. The molecule has 3 aromatic rings. The van der Waals surface area contributed by atoms with E-state index >= 15 is 0 Å². The van der Waals surface area contributed by atoms with Gasteiger partial charge in [-0.05, 0) is 135 Å². The fraction of sp³-hybridized carbons (Fsp3) is 0.491. The molecule has 0 spiro atoms. The van der Waals surface area contributed by atoms with Crippen LogP contribution >= 0.6 is 0 Å². The van der Waals surface area contributed by atoms with Crippen LogP contribution in [-0.2, 0) is 43.0 Å². The van der Waals surface area contributed by atoms with Crippen molar-refractivity contribution in [3.8, 4) is 5.75 Å². The third kappa shape index (κ3) is 12.0. The first-order chi connectivity index (χ1) is 33.3. The summed E-state index contributed by atoms with van der Waals surface area (Å²) in [5.74, 6) is -4.21. The van der Waals surface area contributed by atoms with Crippen molar-refractivity contribution in [2.24, 2.45) is 35.0 Å². The number of esters is 4. The van der Waals surface area contributed by atoms with Gasteiger partial charge in [-0.15, -0.1) is 0 Å². The molecule has 0 saturated carbocycles. The molecule has 3 aromatic carbocycles. The molecule has 2 aliphatic carbocycles. The lowest BCUT2D eigenvalue weighted by Gasteiger charge is -2.48. The number of halogens is 2. The lowest BCUT2D eigenvalue weighted by Crippen LogP contribution is -2.55. The highest BCUT2D eigenvalue weighted by Gasteiger charge is 2.49. The standard InChI is InChI=1S/C55H64F2N2O11/c1-7-55(5,6)54(66)70-46-28-32(3)49(43-22-8-31(2)42(50(43)46)23-21-41-29-39(61)30-48(63)69-41)52(64)58-27-26-47(62)68-40-19-11-35(12-20-40)51-44(53(65)59(51)38-17-15-37(57)16-18-38)24-25-45(67-33(4)60)34-9-13-36(56)14-10-34/h8-20,22,31-32,39,41-42,44-46,50-51,61H,7,21,23-30H2,1-6H3,(H,58,64)/t31-,32+,39-,41+,42-,44+,45-,46-,50+,51+/m0/s1. The van der Waals surface area contributed by atoms with Gasteiger partial charge in [-0.2, -0.15) is 0 Å². The molecular weight excluding hydrogens is 903 g/mol. The first-order valence-corrected chi connectivity index (χ1v) is 24.4. The van der Waals surface area contributed by atoms with E-state index in [9.17, 15) is 42.7 Å². The van der Waals surface area contributed by atoms with Crippen LogP contribution in [0.2, 0.25) is 0 Å². The predicted octanol–water partition coefficient (Wildman–Crippen LogP) is 9.13. The van der Waals surface area contributed by atoms with Crippen molar-refractivity contribution < 1.29 is 61.6 Å². The number of β-lactam (4-membered cyclic amide) rings is 1. The molecule has 13 nitrogen and oxygen atoms in total. The van der Waals surface area contributed by atoms with Crippen molar-refractivity contribution in [3.63, 3.8) is 0 Å². The number of cyclic esters (lactones) is 1. The van der Waals surface area contributed by atoms with E-state index in [4.69, 9.17) is 18.9 Å². The van der Waals surface area contributed by atoms with E-state index in [1.807, 2.05) is 33.8 Å². The number of carbonyl (C=O) groups is 6. The van der Waals surface area contributed by atoms with Crippen LogP contribution in [0.3, 0.4) is 0 Å². The van der Waals surface area contributed by atoms with Crippen LogP contribution in [0.4, 0.5) is 14.5 Å². The fourth-order valence-electron chi connectivity index (χ4n) is 10.4. The molecule has 2 fully saturated rings. The van der Waals surface area contributed by atoms with E-state index in [1.54, 1.807) is 29.2 Å². The normalized spacial score (nSPS) is 25.8. The van der Waals surface area contributed by atoms with Gasteiger partial charge in [-0.3, -0.25) is 28.8 Å². The summed E-state index contributed by atoms with van der Waals surface area (Å²) in [6.45, 7) is 10.9. The summed E-state index contributed by atoms with van der Waals surface area (Å²) in [4.78, 5) is 80.4. The van der Waals surface area contributed by atoms with E-state index in [2.05, 4.69) is 18.3 Å². The molecule has 4 aliphatic rings. The minimum atomic E-state index is -0.761. The Labute approximate surface area is 408 Å². The summed E-state index contributed by atoms with van der Waals surface area (Å²) < 4.78 is 50.8. The van der Waals surface area contributed by atoms with Crippen LogP contribution in [0.25, 0.3) is 0 Å². The topological polar surface area (TPSA) is 175 Å². The summed E-state index contributed by atoms with van der Waals surface area (Å²) in [5, 5.41) is 13.2. The molecule has 7 rings (SSSR count). The third-order valence-electron chi connectivity index (χ3n) is 14.5. The Morgan fingerprint density at radius 3 is 2.23 bits per heavy atom. The lowest BCUT2D eigenvalue weighted by atomic mass is 9.63. The first-order valence-electron chi connectivity index (χ1n) is 24.4. The van der Waals surface area contributed by atoms with Gasteiger partial charge in [0.2, 0.25) is 11.8 Å². The van der Waals surface area contributed by atoms with Gasteiger partial charge in [0, 0.05) is 37.1 Å². The number of hydrogen-bond acceptors (Lipinski definition) is 11. The second-order valence-corrected chi connectivity index (χ2v) is 19.9. The zero-order chi connectivity index (χ0) is 50.4. The smallest absolute Gasteiger partial charge is 0.312 e. The Hall–Kier alpha value is -6.22. The van der Waals surface area contributed by atoms with Gasteiger partial charge in [0.15, 0.2) is 0 Å². The Kier molecular flexibility index (Phi) is 16.4. The number of anilines is 1. The van der Waals surface area contributed by atoms with E-state index in [1.165, 1.54) is 55.5 Å². The van der Waals surface area contributed by atoms with Gasteiger partial charge in [0.1, 0.15) is 35.7 Å². The molecule has 0 unspecified atom stereocenters. The number of ether oxygens (including phenoxy) is 4. The monoisotopic (exact) mass is 966 g/mol. The van der Waals surface area contributed by atoms with Gasteiger partial charge in [0.05, 0.1) is 36.3 Å². The number of amides is 2. The number of benzene rings is 3. The van der Waals surface area contributed by atoms with Crippen molar-refractivity contribution in [2.75, 3.05) is 11.4 Å². The number of nitrogens with one attached hydrogen (secondary N) is 1. The van der Waals surface area contributed by atoms with E-state index in [0.29, 0.717) is 55.3 Å². The van der Waals surface area contributed by atoms with Crippen LogP contribution < -0.4 is 15.0 Å². The van der Waals surface area contributed by atoms with Crippen LogP contribution in [-0.4, -0.2) is 65.7 Å². The number of fused-ring (bicyclic) bond motifs is 1. The highest BCUT2D eigenvalue weighted by atomic mass is 19.1. The average Bonchev–Trinajstić information content (AvgIpc) is 3.30. The number of aliphatic hydroxyl groups is 1. The average molecular weight is 967 g/mol. The fourth-order valence-corrected chi connectivity index (χ4v) is 10.4. The zero-order valence-corrected chi connectivity index (χ0v) is 40.7. The summed E-state index contributed by atoms with van der Waals surface area (Å²) in [6, 6.07) is 17.5. The Bertz CT molecular complexity index is 2470. The molecule has 0 radical (unpaired) electrons. The number of rotatable bonds is 18. The molecule has 15 heteroatoms. The number of aliphatic hydroxyl groups excluding tert-OH is 1. The quantitative estimate of drug-likeness (QED) is 0.0539. The van der Waals surface area contributed by atoms with E-state index in [0.717, 1.165) is 11.1 Å². The predicted molar refractivity (Wildman–Crippen MR) is 254 cm³/mol. The van der Waals surface area contributed by atoms with Gasteiger partial charge < -0.3 is 34.3 Å². The van der Waals surface area contributed by atoms with Crippen LogP contribution in [0.1, 0.15) is 123 Å². The molecule has 2 N–H and O–H groups in total. The molecule has 0 aromatic heterocycles. The van der Waals surface area contributed by atoms with Crippen molar-refractivity contribution in [1.82, 2.24) is 5.32 Å². The number of carbonyl (C=O) groups excluding carboxylic acids is 6. The summed E-state index contributed by atoms with van der Waals surface area (Å²) in [7, 11) is 0. The Balaban J connectivity index is 1.02. The van der Waals surface area contributed by atoms with Gasteiger partial charge in [0.25, 0.3) is 0 Å². The Morgan fingerprint density at radius 1 is 0.914 bits per heavy atom. The van der Waals surface area contributed by atoms with E-state index in [-0.39, 0.29) is 73.0 Å². The minimum absolute atomic E-state index is 0.0172. The third-order valence-corrected chi connectivity index (χ3v) is 14.5. The minimum Gasteiger partial charge on any atom is -0.462 e. The largest absolute Gasteiger partial charge is 0.462 e. The zero-order valence-electron chi connectivity index (χ0n) is 40.7. The molecule has 2 saturated heterocycles. The second kappa shape index (κ2) is 22.2. The maximum atomic E-state index is 14.1. The van der Waals surface area contributed by atoms with Crippen LogP contribution in [0, 0.1) is 46.6 Å².